The molecule has 142 valence electrons. The van der Waals surface area contributed by atoms with E-state index in [1.807, 2.05) is 30.3 Å². The van der Waals surface area contributed by atoms with Gasteiger partial charge in [0, 0.05) is 32.0 Å². The van der Waals surface area contributed by atoms with Crippen LogP contribution in [0.25, 0.3) is 0 Å². The highest BCUT2D eigenvalue weighted by Gasteiger charge is 2.46. The molecular formula is C19H21N3O4S. The average Bonchev–Trinajstić information content (AvgIpc) is 3.14. The number of aromatic nitrogens is 1. The summed E-state index contributed by atoms with van der Waals surface area (Å²) in [5.74, 6) is -0.0900. The van der Waals surface area contributed by atoms with Crippen molar-refractivity contribution < 1.29 is 17.9 Å². The monoisotopic (exact) mass is 387 g/mol. The Morgan fingerprint density at radius 3 is 2.67 bits per heavy atom. The number of pyridine rings is 1. The van der Waals surface area contributed by atoms with Gasteiger partial charge in [0.05, 0.1) is 12.1 Å². The topological polar surface area (TPSA) is 79.8 Å². The fraction of sp³-hybridized carbons (Fsp3) is 0.368. The summed E-state index contributed by atoms with van der Waals surface area (Å²) in [6.07, 6.45) is 3.31. The molecule has 1 amide bonds. The van der Waals surface area contributed by atoms with Crippen molar-refractivity contribution in [1.29, 1.82) is 0 Å². The van der Waals surface area contributed by atoms with Gasteiger partial charge < -0.3 is 9.64 Å². The molecular weight excluding hydrogens is 366 g/mol. The van der Waals surface area contributed by atoms with E-state index in [0.29, 0.717) is 6.54 Å². The van der Waals surface area contributed by atoms with Crippen LogP contribution in [0, 0.1) is 0 Å². The zero-order chi connectivity index (χ0) is 18.9. The summed E-state index contributed by atoms with van der Waals surface area (Å²) in [6.45, 7) is 1.03. The minimum atomic E-state index is -3.65. The van der Waals surface area contributed by atoms with Crippen LogP contribution < -0.4 is 0 Å². The molecule has 1 aromatic carbocycles. The third kappa shape index (κ3) is 3.60. The van der Waals surface area contributed by atoms with E-state index < -0.39 is 10.0 Å². The first kappa shape index (κ1) is 18.1. The molecule has 0 aliphatic carbocycles. The number of carbonyl (C=O) groups excluding carboxylic acids is 1. The van der Waals surface area contributed by atoms with E-state index in [1.54, 1.807) is 11.0 Å². The third-order valence-electron chi connectivity index (χ3n) is 5.10. The number of benzene rings is 1. The number of morpholine rings is 1. The van der Waals surface area contributed by atoms with Crippen LogP contribution in [-0.2, 0) is 26.0 Å². The molecule has 3 heterocycles. The molecule has 2 aliphatic heterocycles. The van der Waals surface area contributed by atoms with Gasteiger partial charge in [-0.3, -0.25) is 9.78 Å². The van der Waals surface area contributed by atoms with E-state index in [1.165, 1.54) is 22.8 Å². The number of rotatable bonds is 5. The van der Waals surface area contributed by atoms with Crippen LogP contribution in [0.5, 0.6) is 0 Å². The highest BCUT2D eigenvalue weighted by atomic mass is 32.2. The van der Waals surface area contributed by atoms with Gasteiger partial charge in [-0.05, 0) is 24.1 Å². The zero-order valence-corrected chi connectivity index (χ0v) is 15.6. The van der Waals surface area contributed by atoms with Gasteiger partial charge in [0.2, 0.25) is 15.9 Å². The minimum absolute atomic E-state index is 0.00324. The van der Waals surface area contributed by atoms with Gasteiger partial charge in [-0.2, -0.15) is 4.31 Å². The smallest absolute Gasteiger partial charge is 0.248 e. The lowest BCUT2D eigenvalue weighted by Gasteiger charge is -2.36. The normalized spacial score (nSPS) is 23.4. The maximum Gasteiger partial charge on any atom is 0.248 e. The summed E-state index contributed by atoms with van der Waals surface area (Å²) >= 11 is 0. The van der Waals surface area contributed by atoms with Gasteiger partial charge in [-0.15, -0.1) is 0 Å². The van der Waals surface area contributed by atoms with Gasteiger partial charge in [0.1, 0.15) is 11.5 Å². The Balaban J connectivity index is 1.50. The molecule has 2 atom stereocenters. The van der Waals surface area contributed by atoms with E-state index in [0.717, 1.165) is 12.0 Å². The molecule has 8 heteroatoms. The lowest BCUT2D eigenvalue weighted by Crippen LogP contribution is -2.54. The molecule has 0 unspecified atom stereocenters. The molecule has 2 aliphatic rings. The molecule has 1 aromatic heterocycles. The quantitative estimate of drug-likeness (QED) is 0.762. The Bertz CT molecular complexity index is 905. The minimum Gasteiger partial charge on any atom is -0.365 e. The Morgan fingerprint density at radius 2 is 1.93 bits per heavy atom. The number of ether oxygens (including phenoxy) is 1. The molecule has 0 radical (unpaired) electrons. The molecule has 27 heavy (non-hydrogen) atoms. The largest absolute Gasteiger partial charge is 0.365 e. The third-order valence-corrected chi connectivity index (χ3v) is 6.92. The van der Waals surface area contributed by atoms with Crippen LogP contribution in [0.3, 0.4) is 0 Å². The summed E-state index contributed by atoms with van der Waals surface area (Å²) in [5, 5.41) is 0. The second kappa shape index (κ2) is 7.38. The molecule has 7 nitrogen and oxygen atoms in total. The summed E-state index contributed by atoms with van der Waals surface area (Å²) in [7, 11) is -3.65. The SMILES string of the molecule is O=C1CO[C@H]2CN(S(=O)(=O)c3cccnc3)C[C@@H]2N1CCc1ccccc1. The second-order valence-electron chi connectivity index (χ2n) is 6.75. The number of amides is 1. The van der Waals surface area contributed by atoms with Gasteiger partial charge in [0.25, 0.3) is 0 Å². The first-order valence-electron chi connectivity index (χ1n) is 8.91. The van der Waals surface area contributed by atoms with E-state index in [9.17, 15) is 13.2 Å². The van der Waals surface area contributed by atoms with Crippen LogP contribution in [-0.4, -0.2) is 66.9 Å². The van der Waals surface area contributed by atoms with Crippen LogP contribution >= 0.6 is 0 Å². The fourth-order valence-corrected chi connectivity index (χ4v) is 5.10. The number of nitrogens with zero attached hydrogens (tertiary/aromatic N) is 3. The molecule has 0 N–H and O–H groups in total. The summed E-state index contributed by atoms with van der Waals surface area (Å²) in [4.78, 5) is 18.2. The molecule has 4 rings (SSSR count). The Morgan fingerprint density at radius 1 is 1.11 bits per heavy atom. The predicted molar refractivity (Wildman–Crippen MR) is 98.4 cm³/mol. The summed E-state index contributed by atoms with van der Waals surface area (Å²) in [5.41, 5.74) is 1.14. The van der Waals surface area contributed by atoms with Crippen molar-refractivity contribution in [3.8, 4) is 0 Å². The molecule has 2 fully saturated rings. The van der Waals surface area contributed by atoms with Crippen LogP contribution in [0.15, 0.2) is 59.8 Å². The maximum atomic E-state index is 12.9. The molecule has 0 bridgehead atoms. The van der Waals surface area contributed by atoms with Gasteiger partial charge in [0.15, 0.2) is 0 Å². The number of hydrogen-bond acceptors (Lipinski definition) is 5. The zero-order valence-electron chi connectivity index (χ0n) is 14.8. The van der Waals surface area contributed by atoms with E-state index in [2.05, 4.69) is 4.98 Å². The van der Waals surface area contributed by atoms with E-state index in [-0.39, 0.29) is 42.6 Å². The second-order valence-corrected chi connectivity index (χ2v) is 8.69. The number of hydrogen-bond donors (Lipinski definition) is 0. The Kier molecular flexibility index (Phi) is 4.94. The number of carbonyl (C=O) groups is 1. The summed E-state index contributed by atoms with van der Waals surface area (Å²) in [6, 6.07) is 12.8. The fourth-order valence-electron chi connectivity index (χ4n) is 3.66. The van der Waals surface area contributed by atoms with Gasteiger partial charge >= 0.3 is 0 Å². The predicted octanol–water partition coefficient (Wildman–Crippen LogP) is 0.925. The van der Waals surface area contributed by atoms with Crippen molar-refractivity contribution in [3.63, 3.8) is 0 Å². The lowest BCUT2D eigenvalue weighted by molar-refractivity contribution is -0.152. The van der Waals surface area contributed by atoms with Gasteiger partial charge in [-0.25, -0.2) is 8.42 Å². The standard InChI is InChI=1S/C19H21N3O4S/c23-19-14-26-18-13-21(27(24,25)16-7-4-9-20-11-16)12-17(18)22(19)10-8-15-5-2-1-3-6-15/h1-7,9,11,17-18H,8,10,12-14H2/t17-,18-/m0/s1. The molecule has 2 saturated heterocycles. The lowest BCUT2D eigenvalue weighted by atomic mass is 10.1. The highest BCUT2D eigenvalue weighted by molar-refractivity contribution is 7.89. The van der Waals surface area contributed by atoms with Gasteiger partial charge in [-0.1, -0.05) is 30.3 Å². The first-order chi connectivity index (χ1) is 13.1. The molecule has 0 saturated carbocycles. The van der Waals surface area contributed by atoms with Crippen molar-refractivity contribution in [2.24, 2.45) is 0 Å². The van der Waals surface area contributed by atoms with Crippen molar-refractivity contribution in [3.05, 3.63) is 60.4 Å². The van der Waals surface area contributed by atoms with Crippen molar-refractivity contribution in [2.75, 3.05) is 26.2 Å². The van der Waals surface area contributed by atoms with Crippen LogP contribution in [0.4, 0.5) is 0 Å². The Hall–Kier alpha value is -2.29. The molecule has 2 aromatic rings. The first-order valence-corrected chi connectivity index (χ1v) is 10.3. The Labute approximate surface area is 158 Å². The van der Waals surface area contributed by atoms with Crippen LogP contribution in [0.2, 0.25) is 0 Å². The highest BCUT2D eigenvalue weighted by Crippen LogP contribution is 2.28. The van der Waals surface area contributed by atoms with E-state index >= 15 is 0 Å². The number of sulfonamides is 1. The number of fused-ring (bicyclic) bond motifs is 1. The van der Waals surface area contributed by atoms with Crippen molar-refractivity contribution >= 4 is 15.9 Å². The maximum absolute atomic E-state index is 12.9. The van der Waals surface area contributed by atoms with E-state index in [4.69, 9.17) is 4.74 Å². The van der Waals surface area contributed by atoms with Crippen molar-refractivity contribution in [2.45, 2.75) is 23.5 Å². The van der Waals surface area contributed by atoms with Crippen LogP contribution in [0.1, 0.15) is 5.56 Å². The molecule has 0 spiro atoms. The summed E-state index contributed by atoms with van der Waals surface area (Å²) < 4.78 is 32.8. The average molecular weight is 387 g/mol. The van der Waals surface area contributed by atoms with Crippen molar-refractivity contribution in [1.82, 2.24) is 14.2 Å².